The van der Waals surface area contributed by atoms with Gasteiger partial charge in [0.25, 0.3) is 0 Å². The number of piperidine rings is 1. The van der Waals surface area contributed by atoms with E-state index in [4.69, 9.17) is 4.74 Å². The lowest BCUT2D eigenvalue weighted by Crippen LogP contribution is -2.45. The maximum Gasteiger partial charge on any atom is 0.0900 e. The summed E-state index contributed by atoms with van der Waals surface area (Å²) in [5.74, 6) is 0. The minimum Gasteiger partial charge on any atom is -0.389 e. The van der Waals surface area contributed by atoms with Gasteiger partial charge in [-0.3, -0.25) is 4.98 Å². The lowest BCUT2D eigenvalue weighted by Gasteiger charge is -2.33. The van der Waals surface area contributed by atoms with Crippen LogP contribution in [0.3, 0.4) is 0 Å². The Kier molecular flexibility index (Phi) is 7.14. The SMILES string of the molecule is COC[C@@H](O)CN1CCC(NCc2cccc(-c3ccccn3)c2)CC1. The quantitative estimate of drug-likeness (QED) is 0.761. The van der Waals surface area contributed by atoms with Gasteiger partial charge in [-0.25, -0.2) is 0 Å². The normalized spacial score (nSPS) is 17.3. The number of methoxy groups -OCH3 is 1. The summed E-state index contributed by atoms with van der Waals surface area (Å²) < 4.78 is 5.00. The number of pyridine rings is 1. The lowest BCUT2D eigenvalue weighted by atomic mass is 10.0. The number of ether oxygens (including phenoxy) is 1. The third-order valence-electron chi connectivity index (χ3n) is 4.90. The van der Waals surface area contributed by atoms with Crippen LogP contribution in [0.1, 0.15) is 18.4 Å². The molecule has 2 aromatic rings. The van der Waals surface area contributed by atoms with Crippen molar-refractivity contribution < 1.29 is 9.84 Å². The summed E-state index contributed by atoms with van der Waals surface area (Å²) in [6.45, 7) is 4.02. The summed E-state index contributed by atoms with van der Waals surface area (Å²) in [6.07, 6.45) is 3.66. The molecular weight excluding hydrogens is 326 g/mol. The maximum absolute atomic E-state index is 9.85. The second-order valence-corrected chi connectivity index (χ2v) is 6.98. The van der Waals surface area contributed by atoms with Gasteiger partial charge in [0, 0.05) is 38.0 Å². The zero-order chi connectivity index (χ0) is 18.2. The molecule has 0 unspecified atom stereocenters. The van der Waals surface area contributed by atoms with E-state index in [1.807, 2.05) is 24.4 Å². The molecule has 2 heterocycles. The molecule has 1 aromatic carbocycles. The zero-order valence-electron chi connectivity index (χ0n) is 15.5. The minimum absolute atomic E-state index is 0.390. The van der Waals surface area contributed by atoms with E-state index >= 15 is 0 Å². The lowest BCUT2D eigenvalue weighted by molar-refractivity contribution is 0.0310. The van der Waals surface area contributed by atoms with Gasteiger partial charge in [0.15, 0.2) is 0 Å². The molecular formula is C21H29N3O2. The number of β-amino-alcohol motifs (C(OH)–C–C–N with tert-alkyl or cyclic N) is 1. The Morgan fingerprint density at radius 2 is 2.08 bits per heavy atom. The molecule has 0 spiro atoms. The highest BCUT2D eigenvalue weighted by molar-refractivity contribution is 5.59. The van der Waals surface area contributed by atoms with Crippen molar-refractivity contribution in [2.75, 3.05) is 33.4 Å². The first-order chi connectivity index (χ1) is 12.7. The molecule has 1 aromatic heterocycles. The Morgan fingerprint density at radius 3 is 2.81 bits per heavy atom. The van der Waals surface area contributed by atoms with Crippen LogP contribution >= 0.6 is 0 Å². The van der Waals surface area contributed by atoms with Crippen LogP contribution in [0, 0.1) is 0 Å². The average Bonchev–Trinajstić information content (AvgIpc) is 2.68. The third kappa shape index (κ3) is 5.61. The van der Waals surface area contributed by atoms with Crippen LogP contribution in [0.25, 0.3) is 11.3 Å². The summed E-state index contributed by atoms with van der Waals surface area (Å²) >= 11 is 0. The van der Waals surface area contributed by atoms with Crippen LogP contribution in [0.2, 0.25) is 0 Å². The number of aromatic nitrogens is 1. The van der Waals surface area contributed by atoms with E-state index in [1.54, 1.807) is 7.11 Å². The van der Waals surface area contributed by atoms with Gasteiger partial charge in [-0.05, 0) is 49.7 Å². The van der Waals surface area contributed by atoms with Crippen LogP contribution in [-0.4, -0.2) is 60.5 Å². The van der Waals surface area contributed by atoms with E-state index in [-0.39, 0.29) is 6.10 Å². The monoisotopic (exact) mass is 355 g/mol. The molecule has 3 rings (SSSR count). The van der Waals surface area contributed by atoms with Crippen molar-refractivity contribution in [3.05, 3.63) is 54.2 Å². The highest BCUT2D eigenvalue weighted by atomic mass is 16.5. The molecule has 140 valence electrons. The largest absolute Gasteiger partial charge is 0.389 e. The molecule has 1 aliphatic rings. The van der Waals surface area contributed by atoms with Crippen molar-refractivity contribution in [1.29, 1.82) is 0 Å². The predicted octanol–water partition coefficient (Wildman–Crippen LogP) is 2.31. The molecule has 5 heteroatoms. The number of likely N-dealkylation sites (tertiary alicyclic amines) is 1. The average molecular weight is 355 g/mol. The van der Waals surface area contributed by atoms with E-state index < -0.39 is 0 Å². The van der Waals surface area contributed by atoms with Crippen molar-refractivity contribution in [1.82, 2.24) is 15.2 Å². The molecule has 2 N–H and O–H groups in total. The number of rotatable bonds is 8. The van der Waals surface area contributed by atoms with E-state index in [1.165, 1.54) is 5.56 Å². The standard InChI is InChI=1S/C21H29N3O2/c1-26-16-20(25)15-24-11-8-19(9-12-24)23-14-17-5-4-6-18(13-17)21-7-2-3-10-22-21/h2-7,10,13,19-20,23,25H,8-9,11-12,14-16H2,1H3/t20-/m0/s1. The Morgan fingerprint density at radius 1 is 1.23 bits per heavy atom. The van der Waals surface area contributed by atoms with E-state index in [9.17, 15) is 5.11 Å². The Bertz CT molecular complexity index is 657. The number of hydrogen-bond acceptors (Lipinski definition) is 5. The fraction of sp³-hybridized carbons (Fsp3) is 0.476. The second kappa shape index (κ2) is 9.78. The van der Waals surface area contributed by atoms with Crippen molar-refractivity contribution >= 4 is 0 Å². The van der Waals surface area contributed by atoms with Crippen LogP contribution in [0.15, 0.2) is 48.7 Å². The van der Waals surface area contributed by atoms with Crippen molar-refractivity contribution in [3.8, 4) is 11.3 Å². The smallest absolute Gasteiger partial charge is 0.0900 e. The third-order valence-corrected chi connectivity index (χ3v) is 4.90. The fourth-order valence-corrected chi connectivity index (χ4v) is 3.50. The summed E-state index contributed by atoms with van der Waals surface area (Å²) in [5.41, 5.74) is 3.45. The summed E-state index contributed by atoms with van der Waals surface area (Å²) in [7, 11) is 1.63. The summed E-state index contributed by atoms with van der Waals surface area (Å²) in [4.78, 5) is 6.75. The topological polar surface area (TPSA) is 57.6 Å². The van der Waals surface area contributed by atoms with E-state index in [0.717, 1.165) is 43.7 Å². The first-order valence-electron chi connectivity index (χ1n) is 9.37. The van der Waals surface area contributed by atoms with E-state index in [0.29, 0.717) is 19.2 Å². The maximum atomic E-state index is 9.85. The van der Waals surface area contributed by atoms with Gasteiger partial charge in [-0.1, -0.05) is 24.3 Å². The van der Waals surface area contributed by atoms with Crippen molar-refractivity contribution in [2.24, 2.45) is 0 Å². The molecule has 0 aliphatic carbocycles. The number of nitrogens with zero attached hydrogens (tertiary/aromatic N) is 2. The predicted molar refractivity (Wildman–Crippen MR) is 104 cm³/mol. The van der Waals surface area contributed by atoms with Gasteiger partial charge in [0.1, 0.15) is 0 Å². The number of aliphatic hydroxyl groups is 1. The molecule has 1 fully saturated rings. The Balaban J connectivity index is 1.46. The molecule has 5 nitrogen and oxygen atoms in total. The highest BCUT2D eigenvalue weighted by Gasteiger charge is 2.20. The molecule has 1 atom stereocenters. The molecule has 26 heavy (non-hydrogen) atoms. The molecule has 0 amide bonds. The minimum atomic E-state index is -0.390. The Hall–Kier alpha value is -1.79. The van der Waals surface area contributed by atoms with Gasteiger partial charge in [-0.15, -0.1) is 0 Å². The van der Waals surface area contributed by atoms with Gasteiger partial charge in [0.05, 0.1) is 18.4 Å². The molecule has 1 saturated heterocycles. The zero-order valence-corrected chi connectivity index (χ0v) is 15.5. The molecule has 1 aliphatic heterocycles. The number of benzene rings is 1. The fourth-order valence-electron chi connectivity index (χ4n) is 3.50. The van der Waals surface area contributed by atoms with Crippen LogP contribution in [0.4, 0.5) is 0 Å². The van der Waals surface area contributed by atoms with Crippen molar-refractivity contribution in [3.63, 3.8) is 0 Å². The second-order valence-electron chi connectivity index (χ2n) is 6.98. The first-order valence-corrected chi connectivity index (χ1v) is 9.37. The summed E-state index contributed by atoms with van der Waals surface area (Å²) in [5, 5.41) is 13.5. The molecule has 0 bridgehead atoms. The van der Waals surface area contributed by atoms with Crippen LogP contribution < -0.4 is 5.32 Å². The number of nitrogens with one attached hydrogen (secondary N) is 1. The van der Waals surface area contributed by atoms with Gasteiger partial charge in [-0.2, -0.15) is 0 Å². The first kappa shape index (κ1) is 19.0. The highest BCUT2D eigenvalue weighted by Crippen LogP contribution is 2.18. The van der Waals surface area contributed by atoms with Gasteiger partial charge >= 0.3 is 0 Å². The van der Waals surface area contributed by atoms with Gasteiger partial charge in [0.2, 0.25) is 0 Å². The molecule has 0 radical (unpaired) electrons. The number of aliphatic hydroxyl groups excluding tert-OH is 1. The van der Waals surface area contributed by atoms with Gasteiger partial charge < -0.3 is 20.1 Å². The van der Waals surface area contributed by atoms with Crippen molar-refractivity contribution in [2.45, 2.75) is 31.5 Å². The Labute approximate surface area is 156 Å². The van der Waals surface area contributed by atoms with Crippen LogP contribution in [0.5, 0.6) is 0 Å². The van der Waals surface area contributed by atoms with Crippen LogP contribution in [-0.2, 0) is 11.3 Å². The molecule has 0 saturated carbocycles. The van der Waals surface area contributed by atoms with E-state index in [2.05, 4.69) is 39.5 Å². The number of hydrogen-bond donors (Lipinski definition) is 2. The summed E-state index contributed by atoms with van der Waals surface area (Å²) in [6, 6.07) is 15.1.